The highest BCUT2D eigenvalue weighted by Gasteiger charge is 2.70. The SMILES string of the molecule is O=C1[C@@H]2C[C@@H]3C(=CC[C@@H]4C(=O)N(c5ccc(I)cc5)C(=O)[C@@H]43)[C@H](c3ccccc3OCCO)[C@]2(c2ccc(Cl)cc2)C(=O)N1Nc1ccc(F)cc1. The van der Waals surface area contributed by atoms with Crippen molar-refractivity contribution in [3.05, 3.63) is 134 Å². The quantitative estimate of drug-likeness (QED) is 0.116. The summed E-state index contributed by atoms with van der Waals surface area (Å²) in [6.07, 6.45) is 2.35. The number of nitrogens with one attached hydrogen (secondary N) is 1. The first-order valence-corrected chi connectivity index (χ1v) is 18.4. The van der Waals surface area contributed by atoms with E-state index in [4.69, 9.17) is 16.3 Å². The number of nitrogens with zero attached hydrogens (tertiary/aromatic N) is 2. The van der Waals surface area contributed by atoms with Crippen LogP contribution in [0.25, 0.3) is 0 Å². The zero-order valence-corrected chi connectivity index (χ0v) is 30.5. The summed E-state index contributed by atoms with van der Waals surface area (Å²) in [5.41, 5.74) is 4.13. The van der Waals surface area contributed by atoms with E-state index in [-0.39, 0.29) is 37.9 Å². The number of allylic oxidation sites excluding steroid dienone is 2. The van der Waals surface area contributed by atoms with Crippen LogP contribution >= 0.6 is 34.2 Å². The molecule has 9 nitrogen and oxygen atoms in total. The van der Waals surface area contributed by atoms with Gasteiger partial charge in [0.2, 0.25) is 11.8 Å². The van der Waals surface area contributed by atoms with Crippen molar-refractivity contribution in [2.75, 3.05) is 23.5 Å². The van der Waals surface area contributed by atoms with E-state index < -0.39 is 52.6 Å². The number of hydrogen-bond acceptors (Lipinski definition) is 7. The van der Waals surface area contributed by atoms with Crippen LogP contribution in [0.3, 0.4) is 0 Å². The van der Waals surface area contributed by atoms with E-state index in [2.05, 4.69) is 28.0 Å². The molecule has 4 amide bonds. The van der Waals surface area contributed by atoms with Crippen molar-refractivity contribution in [2.24, 2.45) is 23.7 Å². The number of benzene rings is 4. The molecule has 52 heavy (non-hydrogen) atoms. The van der Waals surface area contributed by atoms with Crippen molar-refractivity contribution in [2.45, 2.75) is 24.2 Å². The molecular formula is C40H32ClFIN3O6. The maximum absolute atomic E-state index is 15.3. The molecular weight excluding hydrogens is 800 g/mol. The van der Waals surface area contributed by atoms with Gasteiger partial charge < -0.3 is 9.84 Å². The number of imide groups is 2. The van der Waals surface area contributed by atoms with E-state index in [0.717, 1.165) is 14.2 Å². The smallest absolute Gasteiger partial charge is 0.260 e. The molecule has 2 heterocycles. The summed E-state index contributed by atoms with van der Waals surface area (Å²) in [6, 6.07) is 26.6. The lowest BCUT2D eigenvalue weighted by Gasteiger charge is -2.50. The third-order valence-corrected chi connectivity index (χ3v) is 11.9. The monoisotopic (exact) mass is 831 g/mol. The molecule has 264 valence electrons. The molecule has 8 rings (SSSR count). The Labute approximate surface area is 317 Å². The average Bonchev–Trinajstić information content (AvgIpc) is 3.53. The van der Waals surface area contributed by atoms with Crippen molar-refractivity contribution in [1.29, 1.82) is 0 Å². The fourth-order valence-electron chi connectivity index (χ4n) is 8.85. The number of carbonyl (C=O) groups is 4. The number of aliphatic hydroxyl groups excluding tert-OH is 1. The Morgan fingerprint density at radius 2 is 1.60 bits per heavy atom. The molecule has 12 heteroatoms. The van der Waals surface area contributed by atoms with Gasteiger partial charge in [-0.2, -0.15) is 5.01 Å². The Bertz CT molecular complexity index is 2130. The minimum Gasteiger partial charge on any atom is -0.491 e. The lowest BCUT2D eigenvalue weighted by atomic mass is 9.49. The van der Waals surface area contributed by atoms with Gasteiger partial charge in [-0.05, 0) is 114 Å². The predicted molar refractivity (Wildman–Crippen MR) is 200 cm³/mol. The average molecular weight is 832 g/mol. The Balaban J connectivity index is 1.33. The molecule has 4 aromatic rings. The number of aliphatic hydroxyl groups is 1. The van der Waals surface area contributed by atoms with Gasteiger partial charge in [-0.15, -0.1) is 0 Å². The molecule has 2 aliphatic heterocycles. The summed E-state index contributed by atoms with van der Waals surface area (Å²) < 4.78 is 20.9. The van der Waals surface area contributed by atoms with Crippen LogP contribution < -0.4 is 15.1 Å². The fourth-order valence-corrected chi connectivity index (χ4v) is 9.34. The number of fused-ring (bicyclic) bond motifs is 4. The number of halogens is 3. The maximum atomic E-state index is 15.3. The highest BCUT2D eigenvalue weighted by Crippen LogP contribution is 2.65. The van der Waals surface area contributed by atoms with E-state index in [1.807, 2.05) is 30.3 Å². The molecule has 2 N–H and O–H groups in total. The molecule has 0 aromatic heterocycles. The Hall–Kier alpha value is -4.59. The number of hydrazine groups is 1. The zero-order valence-electron chi connectivity index (χ0n) is 27.5. The highest BCUT2D eigenvalue weighted by atomic mass is 127. The number of rotatable bonds is 8. The summed E-state index contributed by atoms with van der Waals surface area (Å²) in [5.74, 6) is -5.58. The van der Waals surface area contributed by atoms with E-state index in [1.165, 1.54) is 29.2 Å². The fraction of sp³-hybridized carbons (Fsp3) is 0.250. The molecule has 0 unspecified atom stereocenters. The molecule has 3 fully saturated rings. The first kappa shape index (κ1) is 34.5. The van der Waals surface area contributed by atoms with Gasteiger partial charge in [0.15, 0.2) is 0 Å². The number of para-hydroxylation sites is 1. The number of carbonyl (C=O) groups excluding carboxylic acids is 4. The number of hydrogen-bond donors (Lipinski definition) is 2. The number of anilines is 2. The summed E-state index contributed by atoms with van der Waals surface area (Å²) in [6.45, 7) is -0.270. The van der Waals surface area contributed by atoms with Crippen molar-refractivity contribution < 1.29 is 33.4 Å². The summed E-state index contributed by atoms with van der Waals surface area (Å²) in [5, 5.41) is 11.2. The van der Waals surface area contributed by atoms with Gasteiger partial charge in [0.1, 0.15) is 18.2 Å². The van der Waals surface area contributed by atoms with Gasteiger partial charge in [-0.25, -0.2) is 4.39 Å². The predicted octanol–water partition coefficient (Wildman–Crippen LogP) is 6.64. The molecule has 1 saturated carbocycles. The van der Waals surface area contributed by atoms with Gasteiger partial charge in [0.25, 0.3) is 11.8 Å². The minimum atomic E-state index is -1.55. The van der Waals surface area contributed by atoms with Crippen molar-refractivity contribution >= 4 is 69.2 Å². The van der Waals surface area contributed by atoms with Crippen LogP contribution in [0.1, 0.15) is 29.9 Å². The third-order valence-electron chi connectivity index (χ3n) is 10.9. The summed E-state index contributed by atoms with van der Waals surface area (Å²) >= 11 is 8.55. The van der Waals surface area contributed by atoms with Crippen LogP contribution in [0.5, 0.6) is 5.75 Å². The van der Waals surface area contributed by atoms with Gasteiger partial charge in [0, 0.05) is 20.1 Å². The lowest BCUT2D eigenvalue weighted by molar-refractivity contribution is -0.138. The van der Waals surface area contributed by atoms with Gasteiger partial charge >= 0.3 is 0 Å². The van der Waals surface area contributed by atoms with Crippen molar-refractivity contribution in [3.63, 3.8) is 0 Å². The lowest BCUT2D eigenvalue weighted by Crippen LogP contribution is -2.53. The second-order valence-electron chi connectivity index (χ2n) is 13.5. The van der Waals surface area contributed by atoms with Crippen LogP contribution in [0, 0.1) is 33.1 Å². The van der Waals surface area contributed by atoms with E-state index in [9.17, 15) is 23.9 Å². The molecule has 2 saturated heterocycles. The minimum absolute atomic E-state index is 0.0165. The molecule has 0 radical (unpaired) electrons. The van der Waals surface area contributed by atoms with E-state index in [1.54, 1.807) is 48.5 Å². The summed E-state index contributed by atoms with van der Waals surface area (Å²) in [4.78, 5) is 59.9. The van der Waals surface area contributed by atoms with Crippen LogP contribution in [-0.2, 0) is 24.6 Å². The maximum Gasteiger partial charge on any atom is 0.260 e. The highest BCUT2D eigenvalue weighted by molar-refractivity contribution is 14.1. The normalized spacial score (nSPS) is 26.5. The molecule has 0 bridgehead atoms. The second-order valence-corrected chi connectivity index (χ2v) is 15.2. The first-order valence-electron chi connectivity index (χ1n) is 17.0. The first-order chi connectivity index (χ1) is 25.1. The number of ether oxygens (including phenoxy) is 1. The Kier molecular flexibility index (Phi) is 8.91. The Morgan fingerprint density at radius 1 is 0.885 bits per heavy atom. The second kappa shape index (κ2) is 13.4. The topological polar surface area (TPSA) is 116 Å². The van der Waals surface area contributed by atoms with Crippen LogP contribution in [-0.4, -0.2) is 47.0 Å². The Morgan fingerprint density at radius 3 is 2.31 bits per heavy atom. The van der Waals surface area contributed by atoms with Crippen molar-refractivity contribution in [3.8, 4) is 5.75 Å². The molecule has 2 aliphatic carbocycles. The number of amides is 4. The molecule has 6 atom stereocenters. The largest absolute Gasteiger partial charge is 0.491 e. The zero-order chi connectivity index (χ0) is 36.3. The molecule has 4 aliphatic rings. The van der Waals surface area contributed by atoms with Gasteiger partial charge in [-0.1, -0.05) is 53.6 Å². The van der Waals surface area contributed by atoms with Crippen LogP contribution in [0.2, 0.25) is 5.02 Å². The summed E-state index contributed by atoms with van der Waals surface area (Å²) in [7, 11) is 0. The van der Waals surface area contributed by atoms with E-state index in [0.29, 0.717) is 33.3 Å². The van der Waals surface area contributed by atoms with Gasteiger partial charge in [-0.3, -0.25) is 29.5 Å². The molecule has 4 aromatic carbocycles. The molecule has 0 spiro atoms. The third kappa shape index (κ3) is 5.35. The van der Waals surface area contributed by atoms with Crippen LogP contribution in [0.15, 0.2) is 109 Å². The van der Waals surface area contributed by atoms with Gasteiger partial charge in [0.05, 0.1) is 41.2 Å². The standard InChI is InChI=1S/C40H32ClFIN3O6/c41-23-7-5-22(6-8-23)40-32(37(49)46(39(40)51)44-26-13-9-24(42)10-14-26)21-31-28(35(40)29-3-1-2-4-33(29)52-20-19-47)17-18-30-34(31)38(50)45(36(30)48)27-15-11-25(43)12-16-27/h1-17,30-32,34-35,44,47H,18-21H2/t30-,31+,32-,34-,35+,40+/m0/s1. The van der Waals surface area contributed by atoms with Crippen molar-refractivity contribution in [1.82, 2.24) is 5.01 Å². The van der Waals surface area contributed by atoms with E-state index >= 15 is 4.79 Å². The van der Waals surface area contributed by atoms with Crippen LogP contribution in [0.4, 0.5) is 15.8 Å².